The summed E-state index contributed by atoms with van der Waals surface area (Å²) in [6.07, 6.45) is 0. The maximum atomic E-state index is 14.0. The minimum Gasteiger partial charge on any atom is -0.507 e. The van der Waals surface area contributed by atoms with Crippen molar-refractivity contribution in [3.63, 3.8) is 0 Å². The molecule has 0 radical (unpaired) electrons. The van der Waals surface area contributed by atoms with Crippen LogP contribution in [-0.4, -0.2) is 16.8 Å². The predicted octanol–water partition coefficient (Wildman–Crippen LogP) is 2.54. The number of aliphatic hydroxyl groups excluding tert-OH is 1. The van der Waals surface area contributed by atoms with E-state index in [0.717, 1.165) is 0 Å². The van der Waals surface area contributed by atoms with Gasteiger partial charge < -0.3 is 10.4 Å². The summed E-state index contributed by atoms with van der Waals surface area (Å²) in [4.78, 5) is 23.7. The van der Waals surface area contributed by atoms with Gasteiger partial charge in [-0.2, -0.15) is 0 Å². The van der Waals surface area contributed by atoms with Crippen molar-refractivity contribution in [3.8, 4) is 0 Å². The Bertz CT molecular complexity index is 784. The van der Waals surface area contributed by atoms with Crippen molar-refractivity contribution in [3.05, 3.63) is 77.1 Å². The Labute approximate surface area is 125 Å². The van der Waals surface area contributed by atoms with Crippen molar-refractivity contribution in [1.29, 1.82) is 0 Å². The van der Waals surface area contributed by atoms with Crippen LogP contribution >= 0.6 is 0 Å². The molecule has 1 atom stereocenters. The van der Waals surface area contributed by atoms with Crippen LogP contribution in [0.1, 0.15) is 17.2 Å². The van der Waals surface area contributed by atoms with E-state index in [-0.39, 0.29) is 16.9 Å². The third-order valence-corrected chi connectivity index (χ3v) is 3.53. The number of aliphatic hydroxyl groups is 1. The molecule has 0 bridgehead atoms. The molecule has 4 nitrogen and oxygen atoms in total. The Kier molecular flexibility index (Phi) is 3.47. The van der Waals surface area contributed by atoms with E-state index in [4.69, 9.17) is 0 Å². The fourth-order valence-corrected chi connectivity index (χ4v) is 2.46. The Balaban J connectivity index is 2.16. The van der Waals surface area contributed by atoms with E-state index in [2.05, 4.69) is 5.32 Å². The van der Waals surface area contributed by atoms with Crippen LogP contribution in [0.2, 0.25) is 0 Å². The number of amides is 1. The van der Waals surface area contributed by atoms with E-state index in [0.29, 0.717) is 5.56 Å². The number of rotatable bonds is 2. The highest BCUT2D eigenvalue weighted by atomic mass is 19.1. The minimum atomic E-state index is -0.999. The molecule has 3 rings (SSSR count). The molecule has 1 aliphatic heterocycles. The zero-order valence-electron chi connectivity index (χ0n) is 11.4. The zero-order chi connectivity index (χ0) is 15.7. The summed E-state index contributed by atoms with van der Waals surface area (Å²) in [6.45, 7) is 0. The Morgan fingerprint density at radius 2 is 1.64 bits per heavy atom. The fourth-order valence-electron chi connectivity index (χ4n) is 2.46. The number of hydrogen-bond acceptors (Lipinski definition) is 3. The fraction of sp³-hybridized carbons (Fsp3) is 0.0588. The number of carbonyl (C=O) groups is 2. The van der Waals surface area contributed by atoms with Crippen molar-refractivity contribution >= 4 is 17.4 Å². The van der Waals surface area contributed by atoms with E-state index in [1.807, 2.05) is 0 Å². The van der Waals surface area contributed by atoms with Crippen LogP contribution in [0.25, 0.3) is 5.76 Å². The molecule has 2 N–H and O–H groups in total. The minimum absolute atomic E-state index is 0.138. The summed E-state index contributed by atoms with van der Waals surface area (Å²) in [5.41, 5.74) is 0.393. The van der Waals surface area contributed by atoms with Gasteiger partial charge in [-0.1, -0.05) is 48.5 Å². The van der Waals surface area contributed by atoms with Crippen LogP contribution in [0.5, 0.6) is 0 Å². The van der Waals surface area contributed by atoms with Gasteiger partial charge in [0.2, 0.25) is 0 Å². The highest BCUT2D eigenvalue weighted by Gasteiger charge is 2.40. The van der Waals surface area contributed by atoms with Crippen molar-refractivity contribution in [2.24, 2.45) is 0 Å². The number of ketones is 1. The molecule has 0 unspecified atom stereocenters. The lowest BCUT2D eigenvalue weighted by molar-refractivity contribution is -0.133. The van der Waals surface area contributed by atoms with Crippen molar-refractivity contribution in [2.75, 3.05) is 0 Å². The molecular weight excluding hydrogens is 285 g/mol. The standard InChI is InChI=1S/C17H12FNO3/c18-12-9-5-4-8-11(12)14-13(16(21)17(22)19-14)15(20)10-6-2-1-3-7-10/h1-9,14,20H,(H,19,22)/t14-/m1/s1. The van der Waals surface area contributed by atoms with Gasteiger partial charge in [-0.15, -0.1) is 0 Å². The molecule has 0 saturated carbocycles. The number of benzene rings is 2. The average Bonchev–Trinajstić information content (AvgIpc) is 2.83. The van der Waals surface area contributed by atoms with Crippen LogP contribution in [-0.2, 0) is 9.59 Å². The van der Waals surface area contributed by atoms with E-state index in [1.165, 1.54) is 18.2 Å². The summed E-state index contributed by atoms with van der Waals surface area (Å²) in [5, 5.41) is 12.8. The first-order valence-corrected chi connectivity index (χ1v) is 6.67. The Morgan fingerprint density at radius 3 is 2.32 bits per heavy atom. The smallest absolute Gasteiger partial charge is 0.293 e. The summed E-state index contributed by atoms with van der Waals surface area (Å²) in [6, 6.07) is 13.2. The van der Waals surface area contributed by atoms with E-state index in [9.17, 15) is 19.1 Å². The third kappa shape index (κ3) is 2.26. The number of Topliss-reactive ketones (excluding diaryl/α,β-unsaturated/α-hetero) is 1. The molecule has 0 spiro atoms. The van der Waals surface area contributed by atoms with Crippen LogP contribution < -0.4 is 5.32 Å². The first-order valence-electron chi connectivity index (χ1n) is 6.67. The molecule has 110 valence electrons. The summed E-state index contributed by atoms with van der Waals surface area (Å²) in [5.74, 6) is -2.58. The molecule has 0 aliphatic carbocycles. The van der Waals surface area contributed by atoms with Gasteiger partial charge in [0.15, 0.2) is 0 Å². The van der Waals surface area contributed by atoms with Crippen molar-refractivity contribution in [1.82, 2.24) is 5.32 Å². The molecule has 2 aromatic carbocycles. The van der Waals surface area contributed by atoms with Gasteiger partial charge in [-0.3, -0.25) is 9.59 Å². The quantitative estimate of drug-likeness (QED) is 0.508. The average molecular weight is 297 g/mol. The number of halogens is 1. The molecule has 1 amide bonds. The molecule has 1 heterocycles. The van der Waals surface area contributed by atoms with Crippen LogP contribution in [0.15, 0.2) is 60.2 Å². The highest BCUT2D eigenvalue weighted by Crippen LogP contribution is 2.33. The Hall–Kier alpha value is -2.95. The lowest BCUT2D eigenvalue weighted by atomic mass is 9.95. The van der Waals surface area contributed by atoms with E-state index >= 15 is 0 Å². The second kappa shape index (κ2) is 5.44. The second-order valence-electron chi connectivity index (χ2n) is 4.89. The first kappa shape index (κ1) is 14.0. The van der Waals surface area contributed by atoms with Gasteiger partial charge in [-0.25, -0.2) is 4.39 Å². The molecule has 2 aromatic rings. The van der Waals surface area contributed by atoms with Gasteiger partial charge in [0.25, 0.3) is 11.7 Å². The van der Waals surface area contributed by atoms with Gasteiger partial charge in [0.1, 0.15) is 11.6 Å². The molecule has 0 aromatic heterocycles. The Morgan fingerprint density at radius 1 is 1.00 bits per heavy atom. The lowest BCUT2D eigenvalue weighted by Crippen LogP contribution is -2.21. The van der Waals surface area contributed by atoms with E-state index < -0.39 is 23.5 Å². The van der Waals surface area contributed by atoms with Crippen LogP contribution in [0.4, 0.5) is 4.39 Å². The topological polar surface area (TPSA) is 66.4 Å². The predicted molar refractivity (Wildman–Crippen MR) is 78.3 cm³/mol. The first-order chi connectivity index (χ1) is 10.6. The largest absolute Gasteiger partial charge is 0.507 e. The zero-order valence-corrected chi connectivity index (χ0v) is 11.4. The maximum Gasteiger partial charge on any atom is 0.293 e. The van der Waals surface area contributed by atoms with Gasteiger partial charge in [-0.05, 0) is 6.07 Å². The molecule has 5 heteroatoms. The summed E-state index contributed by atoms with van der Waals surface area (Å²) in [7, 11) is 0. The van der Waals surface area contributed by atoms with Gasteiger partial charge >= 0.3 is 0 Å². The number of nitrogens with one attached hydrogen (secondary N) is 1. The molecular formula is C17H12FNO3. The highest BCUT2D eigenvalue weighted by molar-refractivity contribution is 6.46. The van der Waals surface area contributed by atoms with Crippen molar-refractivity contribution < 1.29 is 19.1 Å². The van der Waals surface area contributed by atoms with Crippen molar-refractivity contribution in [2.45, 2.75) is 6.04 Å². The van der Waals surface area contributed by atoms with Gasteiger partial charge in [0, 0.05) is 11.1 Å². The maximum absolute atomic E-state index is 14.0. The van der Waals surface area contributed by atoms with Crippen LogP contribution in [0.3, 0.4) is 0 Å². The van der Waals surface area contributed by atoms with E-state index in [1.54, 1.807) is 36.4 Å². The van der Waals surface area contributed by atoms with Crippen LogP contribution in [0, 0.1) is 5.82 Å². The summed E-state index contributed by atoms with van der Waals surface area (Å²) < 4.78 is 14.0. The molecule has 1 saturated heterocycles. The SMILES string of the molecule is O=C1N[C@H](c2ccccc2F)C(=C(O)c2ccccc2)C1=O. The molecule has 22 heavy (non-hydrogen) atoms. The third-order valence-electron chi connectivity index (χ3n) is 3.53. The molecule has 1 fully saturated rings. The molecule has 1 aliphatic rings. The second-order valence-corrected chi connectivity index (χ2v) is 4.89. The number of carbonyl (C=O) groups excluding carboxylic acids is 2. The van der Waals surface area contributed by atoms with Gasteiger partial charge in [0.05, 0.1) is 11.6 Å². The monoisotopic (exact) mass is 297 g/mol. The lowest BCUT2D eigenvalue weighted by Gasteiger charge is -2.14. The summed E-state index contributed by atoms with van der Waals surface area (Å²) >= 11 is 0. The normalized spacial score (nSPS) is 20.0. The number of hydrogen-bond donors (Lipinski definition) is 2.